The Morgan fingerprint density at radius 3 is 3.00 bits per heavy atom. The number of rotatable bonds is 3. The van der Waals surface area contributed by atoms with Gasteiger partial charge in [-0.25, -0.2) is 0 Å². The third-order valence-electron chi connectivity index (χ3n) is 1.86. The SMILES string of the molecule is O=C(Cl)C=CCN1CC[C@H](O)C1. The predicted octanol–water partition coefficient (Wildman–Crippen LogP) is 0.375. The van der Waals surface area contributed by atoms with Crippen LogP contribution in [0.5, 0.6) is 0 Å². The molecule has 1 rings (SSSR count). The smallest absolute Gasteiger partial charge is 0.244 e. The van der Waals surface area contributed by atoms with E-state index in [0.29, 0.717) is 13.1 Å². The minimum atomic E-state index is -0.449. The van der Waals surface area contributed by atoms with Crippen molar-refractivity contribution in [3.05, 3.63) is 12.2 Å². The maximum atomic E-state index is 10.3. The molecule has 1 heterocycles. The Kier molecular flexibility index (Phi) is 3.72. The second kappa shape index (κ2) is 4.60. The van der Waals surface area contributed by atoms with E-state index in [2.05, 4.69) is 4.90 Å². The maximum Gasteiger partial charge on any atom is 0.244 e. The number of β-amino-alcohol motifs (C(OH)–C–C–N with tert-alkyl or cyclic N) is 1. The Morgan fingerprint density at radius 2 is 2.50 bits per heavy atom. The highest BCUT2D eigenvalue weighted by molar-refractivity contribution is 6.66. The molecule has 0 saturated carbocycles. The average Bonchev–Trinajstić information content (AvgIpc) is 2.35. The van der Waals surface area contributed by atoms with Gasteiger partial charge < -0.3 is 5.11 Å². The zero-order valence-electron chi connectivity index (χ0n) is 6.74. The van der Waals surface area contributed by atoms with Gasteiger partial charge in [0.15, 0.2) is 0 Å². The summed E-state index contributed by atoms with van der Waals surface area (Å²) in [5, 5.41) is 8.70. The van der Waals surface area contributed by atoms with Crippen LogP contribution in [0.15, 0.2) is 12.2 Å². The molecule has 1 atom stereocenters. The van der Waals surface area contributed by atoms with Crippen molar-refractivity contribution >= 4 is 16.8 Å². The molecule has 3 nitrogen and oxygen atoms in total. The lowest BCUT2D eigenvalue weighted by atomic mass is 10.3. The molecule has 4 heteroatoms. The van der Waals surface area contributed by atoms with Gasteiger partial charge in [0, 0.05) is 19.6 Å². The number of nitrogens with zero attached hydrogens (tertiary/aromatic N) is 1. The van der Waals surface area contributed by atoms with Gasteiger partial charge in [-0.05, 0) is 24.1 Å². The third-order valence-corrected chi connectivity index (χ3v) is 1.99. The lowest BCUT2D eigenvalue weighted by Gasteiger charge is -2.10. The number of allylic oxidation sites excluding steroid dienone is 1. The Balaban J connectivity index is 2.20. The highest BCUT2D eigenvalue weighted by Crippen LogP contribution is 2.07. The molecule has 0 unspecified atom stereocenters. The van der Waals surface area contributed by atoms with E-state index in [0.717, 1.165) is 13.0 Å². The van der Waals surface area contributed by atoms with Gasteiger partial charge in [0.1, 0.15) is 0 Å². The minimum Gasteiger partial charge on any atom is -0.392 e. The molecule has 0 bridgehead atoms. The van der Waals surface area contributed by atoms with Crippen molar-refractivity contribution in [2.24, 2.45) is 0 Å². The summed E-state index contributed by atoms with van der Waals surface area (Å²) in [6, 6.07) is 0. The van der Waals surface area contributed by atoms with Gasteiger partial charge in [-0.15, -0.1) is 0 Å². The fourth-order valence-electron chi connectivity index (χ4n) is 1.27. The average molecular weight is 190 g/mol. The van der Waals surface area contributed by atoms with Crippen molar-refractivity contribution < 1.29 is 9.90 Å². The molecule has 68 valence electrons. The number of likely N-dealkylation sites (tertiary alicyclic amines) is 1. The molecule has 1 aliphatic rings. The molecular formula is C8H12ClNO2. The summed E-state index contributed by atoms with van der Waals surface area (Å²) in [5.74, 6) is 0. The number of hydrogen-bond acceptors (Lipinski definition) is 3. The Morgan fingerprint density at radius 1 is 1.75 bits per heavy atom. The van der Waals surface area contributed by atoms with Crippen molar-refractivity contribution in [2.45, 2.75) is 12.5 Å². The van der Waals surface area contributed by atoms with Crippen LogP contribution >= 0.6 is 11.6 Å². The number of aliphatic hydroxyl groups is 1. The number of hydrogen-bond donors (Lipinski definition) is 1. The van der Waals surface area contributed by atoms with Gasteiger partial charge in [-0.3, -0.25) is 9.69 Å². The first-order valence-electron chi connectivity index (χ1n) is 3.95. The van der Waals surface area contributed by atoms with Crippen LogP contribution < -0.4 is 0 Å². The van der Waals surface area contributed by atoms with Gasteiger partial charge in [0.25, 0.3) is 0 Å². The summed E-state index contributed by atoms with van der Waals surface area (Å²) >= 11 is 5.10. The molecule has 0 aromatic heterocycles. The first-order valence-corrected chi connectivity index (χ1v) is 4.32. The van der Waals surface area contributed by atoms with Crippen LogP contribution in [0.4, 0.5) is 0 Å². The van der Waals surface area contributed by atoms with Crippen LogP contribution in [-0.2, 0) is 4.79 Å². The fraction of sp³-hybridized carbons (Fsp3) is 0.625. The second-order valence-corrected chi connectivity index (χ2v) is 3.28. The van der Waals surface area contributed by atoms with Crippen molar-refractivity contribution in [3.63, 3.8) is 0 Å². The summed E-state index contributed by atoms with van der Waals surface area (Å²) in [6.45, 7) is 2.28. The number of carbonyl (C=O) groups is 1. The normalized spacial score (nSPS) is 25.3. The molecule has 0 aromatic rings. The number of aliphatic hydroxyl groups excluding tert-OH is 1. The van der Waals surface area contributed by atoms with E-state index in [1.54, 1.807) is 6.08 Å². The van der Waals surface area contributed by atoms with Crippen LogP contribution in [0.2, 0.25) is 0 Å². The monoisotopic (exact) mass is 189 g/mol. The summed E-state index contributed by atoms with van der Waals surface area (Å²) in [6.07, 6.45) is 3.67. The summed E-state index contributed by atoms with van der Waals surface area (Å²) in [7, 11) is 0. The Bertz CT molecular complexity index is 193. The molecule has 0 aliphatic carbocycles. The van der Waals surface area contributed by atoms with Gasteiger partial charge in [-0.1, -0.05) is 6.08 Å². The van der Waals surface area contributed by atoms with E-state index in [4.69, 9.17) is 16.7 Å². The van der Waals surface area contributed by atoms with Crippen LogP contribution in [0.3, 0.4) is 0 Å². The van der Waals surface area contributed by atoms with Gasteiger partial charge in [0.2, 0.25) is 5.24 Å². The predicted molar refractivity (Wildman–Crippen MR) is 47.1 cm³/mol. The topological polar surface area (TPSA) is 40.5 Å². The molecule has 0 aromatic carbocycles. The van der Waals surface area contributed by atoms with E-state index >= 15 is 0 Å². The first kappa shape index (κ1) is 9.71. The zero-order valence-corrected chi connectivity index (χ0v) is 7.50. The standard InChI is InChI=1S/C8H12ClNO2/c9-8(12)2-1-4-10-5-3-7(11)6-10/h1-2,7,11H,3-6H2/t7-/m0/s1. The van der Waals surface area contributed by atoms with Gasteiger partial charge >= 0.3 is 0 Å². The summed E-state index contributed by atoms with van der Waals surface area (Å²) in [5.41, 5.74) is 0. The minimum absolute atomic E-state index is 0.204. The molecule has 1 aliphatic heterocycles. The van der Waals surface area contributed by atoms with Gasteiger partial charge in [0.05, 0.1) is 6.10 Å². The van der Waals surface area contributed by atoms with Crippen molar-refractivity contribution in [3.8, 4) is 0 Å². The van der Waals surface area contributed by atoms with E-state index in [-0.39, 0.29) is 6.10 Å². The van der Waals surface area contributed by atoms with E-state index in [1.165, 1.54) is 6.08 Å². The molecule has 1 fully saturated rings. The third kappa shape index (κ3) is 3.34. The highest BCUT2D eigenvalue weighted by Gasteiger charge is 2.18. The van der Waals surface area contributed by atoms with Crippen molar-refractivity contribution in [1.29, 1.82) is 0 Å². The number of halogens is 1. The molecule has 1 saturated heterocycles. The molecule has 1 N–H and O–H groups in total. The lowest BCUT2D eigenvalue weighted by molar-refractivity contribution is -0.107. The Labute approximate surface area is 76.6 Å². The summed E-state index contributed by atoms with van der Waals surface area (Å²) in [4.78, 5) is 12.4. The fourth-order valence-corrected chi connectivity index (χ4v) is 1.36. The van der Waals surface area contributed by atoms with Crippen molar-refractivity contribution in [2.75, 3.05) is 19.6 Å². The van der Waals surface area contributed by atoms with Crippen LogP contribution in [0, 0.1) is 0 Å². The van der Waals surface area contributed by atoms with Crippen LogP contribution in [0.25, 0.3) is 0 Å². The largest absolute Gasteiger partial charge is 0.392 e. The molecule has 12 heavy (non-hydrogen) atoms. The quantitative estimate of drug-likeness (QED) is 0.516. The zero-order chi connectivity index (χ0) is 8.97. The molecular weight excluding hydrogens is 178 g/mol. The van der Waals surface area contributed by atoms with Crippen molar-refractivity contribution in [1.82, 2.24) is 4.90 Å². The summed E-state index contributed by atoms with van der Waals surface area (Å²) < 4.78 is 0. The first-order chi connectivity index (χ1) is 5.68. The van der Waals surface area contributed by atoms with Gasteiger partial charge in [-0.2, -0.15) is 0 Å². The number of carbonyl (C=O) groups excluding carboxylic acids is 1. The lowest BCUT2D eigenvalue weighted by Crippen LogP contribution is -2.21. The molecule has 0 amide bonds. The van der Waals surface area contributed by atoms with E-state index < -0.39 is 5.24 Å². The van der Waals surface area contributed by atoms with E-state index in [1.807, 2.05) is 0 Å². The maximum absolute atomic E-state index is 10.3. The second-order valence-electron chi connectivity index (χ2n) is 2.91. The highest BCUT2D eigenvalue weighted by atomic mass is 35.5. The molecule has 0 radical (unpaired) electrons. The molecule has 0 spiro atoms. The van der Waals surface area contributed by atoms with E-state index in [9.17, 15) is 4.79 Å². The van der Waals surface area contributed by atoms with Crippen LogP contribution in [0.1, 0.15) is 6.42 Å². The van der Waals surface area contributed by atoms with Crippen LogP contribution in [-0.4, -0.2) is 41.0 Å². The Hall–Kier alpha value is -0.380.